The van der Waals surface area contributed by atoms with Crippen molar-refractivity contribution >= 4 is 5.91 Å². The number of hydrogen-bond acceptors (Lipinski definition) is 3. The van der Waals surface area contributed by atoms with Crippen LogP contribution in [0.2, 0.25) is 0 Å². The Kier molecular flexibility index (Phi) is 3.33. The second-order valence-corrected chi connectivity index (χ2v) is 3.02. The predicted octanol–water partition coefficient (Wildman–Crippen LogP) is -0.659. The summed E-state index contributed by atoms with van der Waals surface area (Å²) in [4.78, 5) is 12.1. The van der Waals surface area contributed by atoms with Crippen LogP contribution >= 0.6 is 0 Å². The maximum atomic E-state index is 11.9. The van der Waals surface area contributed by atoms with Crippen LogP contribution in [0.25, 0.3) is 0 Å². The average Bonchev–Trinajstić information content (AvgIpc) is 2.15. The minimum absolute atomic E-state index is 0.200. The standard InChI is InChI=1S/C7H11F3N2O2/c8-7(9,10)5(13)6(14)12-3-1-11-2-4-12/h5,11,13H,1-4H2. The van der Waals surface area contributed by atoms with Crippen molar-refractivity contribution in [2.75, 3.05) is 26.2 Å². The summed E-state index contributed by atoms with van der Waals surface area (Å²) >= 11 is 0. The minimum Gasteiger partial charge on any atom is -0.376 e. The van der Waals surface area contributed by atoms with E-state index < -0.39 is 18.2 Å². The molecule has 1 atom stereocenters. The number of rotatable bonds is 1. The van der Waals surface area contributed by atoms with E-state index in [4.69, 9.17) is 5.11 Å². The lowest BCUT2D eigenvalue weighted by atomic mass is 10.2. The molecule has 1 heterocycles. The fourth-order valence-electron chi connectivity index (χ4n) is 1.20. The number of nitrogens with one attached hydrogen (secondary N) is 1. The molecule has 0 aromatic rings. The van der Waals surface area contributed by atoms with Gasteiger partial charge in [-0.2, -0.15) is 13.2 Å². The molecule has 1 aliphatic rings. The van der Waals surface area contributed by atoms with E-state index in [-0.39, 0.29) is 13.1 Å². The Morgan fingerprint density at radius 2 is 1.86 bits per heavy atom. The number of aliphatic hydroxyl groups excluding tert-OH is 1. The van der Waals surface area contributed by atoms with Gasteiger partial charge in [0.25, 0.3) is 5.91 Å². The number of alkyl halides is 3. The predicted molar refractivity (Wildman–Crippen MR) is 41.5 cm³/mol. The van der Waals surface area contributed by atoms with E-state index in [1.165, 1.54) is 0 Å². The lowest BCUT2D eigenvalue weighted by Crippen LogP contribution is -2.53. The fraction of sp³-hybridized carbons (Fsp3) is 0.857. The van der Waals surface area contributed by atoms with Crippen molar-refractivity contribution < 1.29 is 23.1 Å². The molecule has 1 amide bonds. The maximum absolute atomic E-state index is 11.9. The lowest BCUT2D eigenvalue weighted by molar-refractivity contribution is -0.210. The molecule has 1 aliphatic heterocycles. The summed E-state index contributed by atoms with van der Waals surface area (Å²) in [6, 6.07) is 0. The van der Waals surface area contributed by atoms with Gasteiger partial charge in [-0.3, -0.25) is 4.79 Å². The van der Waals surface area contributed by atoms with Crippen LogP contribution in [-0.2, 0) is 4.79 Å². The molecule has 0 aliphatic carbocycles. The number of piperazine rings is 1. The third kappa shape index (κ3) is 2.58. The molecule has 1 rings (SSSR count). The van der Waals surface area contributed by atoms with Crippen molar-refractivity contribution in [2.45, 2.75) is 12.3 Å². The number of halogens is 3. The number of hydrogen-bond donors (Lipinski definition) is 2. The smallest absolute Gasteiger partial charge is 0.376 e. The van der Waals surface area contributed by atoms with Crippen LogP contribution in [0.1, 0.15) is 0 Å². The monoisotopic (exact) mass is 212 g/mol. The summed E-state index contributed by atoms with van der Waals surface area (Å²) in [5.41, 5.74) is 0. The topological polar surface area (TPSA) is 52.6 Å². The van der Waals surface area contributed by atoms with Crippen molar-refractivity contribution in [2.24, 2.45) is 0 Å². The third-order valence-corrected chi connectivity index (χ3v) is 1.97. The first-order chi connectivity index (χ1) is 6.43. The van der Waals surface area contributed by atoms with Crippen LogP contribution in [-0.4, -0.2) is 54.4 Å². The molecular weight excluding hydrogens is 201 g/mol. The van der Waals surface area contributed by atoms with Crippen LogP contribution in [0.3, 0.4) is 0 Å². The highest BCUT2D eigenvalue weighted by Crippen LogP contribution is 2.21. The van der Waals surface area contributed by atoms with Gasteiger partial charge in [-0.15, -0.1) is 0 Å². The molecule has 0 saturated carbocycles. The summed E-state index contributed by atoms with van der Waals surface area (Å²) in [6.07, 6.45) is -7.76. The Morgan fingerprint density at radius 3 is 2.29 bits per heavy atom. The molecular formula is C7H11F3N2O2. The second kappa shape index (κ2) is 4.14. The van der Waals surface area contributed by atoms with E-state index in [0.717, 1.165) is 4.90 Å². The number of amides is 1. The van der Waals surface area contributed by atoms with E-state index in [1.54, 1.807) is 0 Å². The Labute approximate surface area is 78.7 Å². The molecule has 1 fully saturated rings. The first kappa shape index (κ1) is 11.3. The van der Waals surface area contributed by atoms with Crippen molar-refractivity contribution in [1.82, 2.24) is 10.2 Å². The van der Waals surface area contributed by atoms with Gasteiger partial charge in [-0.05, 0) is 0 Å². The van der Waals surface area contributed by atoms with Gasteiger partial charge in [0, 0.05) is 26.2 Å². The van der Waals surface area contributed by atoms with Gasteiger partial charge >= 0.3 is 6.18 Å². The van der Waals surface area contributed by atoms with E-state index in [1.807, 2.05) is 0 Å². The van der Waals surface area contributed by atoms with Crippen LogP contribution < -0.4 is 5.32 Å². The number of carbonyl (C=O) groups excluding carboxylic acids is 1. The summed E-state index contributed by atoms with van der Waals surface area (Å²) < 4.78 is 35.8. The van der Waals surface area contributed by atoms with Crippen LogP contribution in [0.4, 0.5) is 13.2 Å². The van der Waals surface area contributed by atoms with E-state index in [2.05, 4.69) is 5.32 Å². The van der Waals surface area contributed by atoms with Gasteiger partial charge in [0.1, 0.15) is 0 Å². The molecule has 2 N–H and O–H groups in total. The molecule has 0 bridgehead atoms. The van der Waals surface area contributed by atoms with Crippen molar-refractivity contribution in [3.8, 4) is 0 Å². The number of nitrogens with zero attached hydrogens (tertiary/aromatic N) is 1. The molecule has 82 valence electrons. The van der Waals surface area contributed by atoms with Gasteiger partial charge < -0.3 is 15.3 Å². The molecule has 4 nitrogen and oxygen atoms in total. The first-order valence-corrected chi connectivity index (χ1v) is 4.17. The first-order valence-electron chi connectivity index (χ1n) is 4.17. The van der Waals surface area contributed by atoms with Crippen molar-refractivity contribution in [1.29, 1.82) is 0 Å². The van der Waals surface area contributed by atoms with E-state index in [9.17, 15) is 18.0 Å². The normalized spacial score (nSPS) is 20.7. The molecule has 1 saturated heterocycles. The molecule has 14 heavy (non-hydrogen) atoms. The largest absolute Gasteiger partial charge is 0.423 e. The average molecular weight is 212 g/mol. The zero-order chi connectivity index (χ0) is 10.8. The molecule has 0 radical (unpaired) electrons. The Bertz CT molecular complexity index is 213. The third-order valence-electron chi connectivity index (χ3n) is 1.97. The SMILES string of the molecule is O=C(C(O)C(F)(F)F)N1CCNCC1. The number of carbonyl (C=O) groups is 1. The Balaban J connectivity index is 2.55. The minimum atomic E-state index is -4.87. The van der Waals surface area contributed by atoms with Gasteiger partial charge in [-0.1, -0.05) is 0 Å². The summed E-state index contributed by atoms with van der Waals surface area (Å²) in [6.45, 7) is 1.31. The molecule has 0 spiro atoms. The summed E-state index contributed by atoms with van der Waals surface area (Å²) in [5.74, 6) is -1.26. The van der Waals surface area contributed by atoms with Crippen LogP contribution in [0, 0.1) is 0 Å². The summed E-state index contributed by atoms with van der Waals surface area (Å²) in [5, 5.41) is 11.6. The quantitative estimate of drug-likeness (QED) is 0.606. The zero-order valence-electron chi connectivity index (χ0n) is 7.34. The van der Waals surface area contributed by atoms with Crippen LogP contribution in [0.15, 0.2) is 0 Å². The molecule has 7 heteroatoms. The molecule has 0 aromatic heterocycles. The highest BCUT2D eigenvalue weighted by atomic mass is 19.4. The van der Waals surface area contributed by atoms with Crippen LogP contribution in [0.5, 0.6) is 0 Å². The van der Waals surface area contributed by atoms with Crippen molar-refractivity contribution in [3.05, 3.63) is 0 Å². The van der Waals surface area contributed by atoms with Gasteiger partial charge in [0.2, 0.25) is 6.10 Å². The number of aliphatic hydroxyl groups is 1. The van der Waals surface area contributed by atoms with E-state index >= 15 is 0 Å². The highest BCUT2D eigenvalue weighted by Gasteiger charge is 2.45. The Morgan fingerprint density at radius 1 is 1.36 bits per heavy atom. The Hall–Kier alpha value is -0.820. The lowest BCUT2D eigenvalue weighted by Gasteiger charge is -2.29. The van der Waals surface area contributed by atoms with Gasteiger partial charge in [-0.25, -0.2) is 0 Å². The highest BCUT2D eigenvalue weighted by molar-refractivity contribution is 5.81. The molecule has 0 aromatic carbocycles. The van der Waals surface area contributed by atoms with Crippen molar-refractivity contribution in [3.63, 3.8) is 0 Å². The molecule has 1 unspecified atom stereocenters. The maximum Gasteiger partial charge on any atom is 0.423 e. The zero-order valence-corrected chi connectivity index (χ0v) is 7.34. The van der Waals surface area contributed by atoms with Gasteiger partial charge in [0.15, 0.2) is 0 Å². The second-order valence-electron chi connectivity index (χ2n) is 3.02. The van der Waals surface area contributed by atoms with Gasteiger partial charge in [0.05, 0.1) is 0 Å². The summed E-state index contributed by atoms with van der Waals surface area (Å²) in [7, 11) is 0. The van der Waals surface area contributed by atoms with E-state index in [0.29, 0.717) is 13.1 Å². The fourth-order valence-corrected chi connectivity index (χ4v) is 1.20.